The fourth-order valence-corrected chi connectivity index (χ4v) is 2.95. The molecule has 0 radical (unpaired) electrons. The van der Waals surface area contributed by atoms with Gasteiger partial charge in [-0.1, -0.05) is 30.3 Å². The Bertz CT molecular complexity index is 872. The van der Waals surface area contributed by atoms with E-state index in [-0.39, 0.29) is 5.91 Å². The molecule has 0 aliphatic rings. The quantitative estimate of drug-likeness (QED) is 0.748. The molecule has 1 aromatic carbocycles. The summed E-state index contributed by atoms with van der Waals surface area (Å²) in [5, 5.41) is 5.27. The molecule has 3 rings (SSSR count). The number of nitrogens with zero attached hydrogens (tertiary/aromatic N) is 4. The molecular formula is C19H23N5O. The van der Waals surface area contributed by atoms with Crippen LogP contribution in [0.15, 0.2) is 42.6 Å². The summed E-state index contributed by atoms with van der Waals surface area (Å²) >= 11 is 0. The van der Waals surface area contributed by atoms with Crippen molar-refractivity contribution in [3.05, 3.63) is 59.4 Å². The Morgan fingerprint density at radius 2 is 2.04 bits per heavy atom. The van der Waals surface area contributed by atoms with Gasteiger partial charge in [-0.05, 0) is 31.5 Å². The van der Waals surface area contributed by atoms with Crippen LogP contribution < -0.4 is 5.73 Å². The van der Waals surface area contributed by atoms with Crippen LogP contribution in [0.3, 0.4) is 0 Å². The predicted molar refractivity (Wildman–Crippen MR) is 98.1 cm³/mol. The van der Waals surface area contributed by atoms with Gasteiger partial charge in [0.05, 0.1) is 11.3 Å². The number of carbonyl (C=O) groups excluding carboxylic acids is 1. The van der Waals surface area contributed by atoms with E-state index in [1.165, 1.54) is 0 Å². The highest BCUT2D eigenvalue weighted by Gasteiger charge is 2.18. The molecule has 1 amide bonds. The molecule has 0 bridgehead atoms. The summed E-state index contributed by atoms with van der Waals surface area (Å²) in [7, 11) is 1.85. The highest BCUT2D eigenvalue weighted by atomic mass is 16.2. The largest absolute Gasteiger partial charge is 0.334 e. The van der Waals surface area contributed by atoms with Crippen LogP contribution in [0.25, 0.3) is 11.0 Å². The second-order valence-corrected chi connectivity index (χ2v) is 6.16. The van der Waals surface area contributed by atoms with Gasteiger partial charge in [-0.2, -0.15) is 5.10 Å². The fraction of sp³-hybridized carbons (Fsp3) is 0.316. The summed E-state index contributed by atoms with van der Waals surface area (Å²) in [6.45, 7) is 3.66. The van der Waals surface area contributed by atoms with Crippen molar-refractivity contribution in [1.29, 1.82) is 0 Å². The van der Waals surface area contributed by atoms with Gasteiger partial charge in [0.1, 0.15) is 0 Å². The maximum Gasteiger partial charge on any atom is 0.255 e. The lowest BCUT2D eigenvalue weighted by atomic mass is 10.1. The van der Waals surface area contributed by atoms with Crippen molar-refractivity contribution in [2.24, 2.45) is 12.8 Å². The van der Waals surface area contributed by atoms with Gasteiger partial charge in [0.25, 0.3) is 5.91 Å². The van der Waals surface area contributed by atoms with Gasteiger partial charge in [0.15, 0.2) is 5.65 Å². The Labute approximate surface area is 147 Å². The third kappa shape index (κ3) is 3.69. The van der Waals surface area contributed by atoms with E-state index < -0.39 is 0 Å². The molecule has 2 aromatic heterocycles. The van der Waals surface area contributed by atoms with E-state index in [9.17, 15) is 4.79 Å². The number of nitrogens with two attached hydrogens (primary N) is 1. The van der Waals surface area contributed by atoms with Gasteiger partial charge < -0.3 is 10.6 Å². The normalized spacial score (nSPS) is 11.0. The lowest BCUT2D eigenvalue weighted by molar-refractivity contribution is 0.0742. The number of carbonyl (C=O) groups is 1. The molecular weight excluding hydrogens is 314 g/mol. The smallest absolute Gasteiger partial charge is 0.255 e. The van der Waals surface area contributed by atoms with Crippen LogP contribution in [0.5, 0.6) is 0 Å². The summed E-state index contributed by atoms with van der Waals surface area (Å²) < 4.78 is 1.73. The van der Waals surface area contributed by atoms with Crippen LogP contribution >= 0.6 is 0 Å². The number of hydrogen-bond donors (Lipinski definition) is 1. The van der Waals surface area contributed by atoms with Crippen molar-refractivity contribution in [1.82, 2.24) is 19.7 Å². The van der Waals surface area contributed by atoms with Crippen molar-refractivity contribution in [3.63, 3.8) is 0 Å². The first-order valence-electron chi connectivity index (χ1n) is 8.42. The lowest BCUT2D eigenvalue weighted by Gasteiger charge is -2.22. The molecule has 2 heterocycles. The van der Waals surface area contributed by atoms with E-state index in [1.54, 1.807) is 10.9 Å². The van der Waals surface area contributed by atoms with E-state index in [1.807, 2.05) is 55.3 Å². The second-order valence-electron chi connectivity index (χ2n) is 6.16. The SMILES string of the molecule is Cc1nn(C)c2ncc(C(=O)N(CCCN)Cc3ccccc3)cc12. The van der Waals surface area contributed by atoms with Gasteiger partial charge in [-0.25, -0.2) is 4.98 Å². The van der Waals surface area contributed by atoms with Crippen molar-refractivity contribution >= 4 is 16.9 Å². The second kappa shape index (κ2) is 7.44. The molecule has 0 atom stereocenters. The highest BCUT2D eigenvalue weighted by molar-refractivity contribution is 5.97. The zero-order chi connectivity index (χ0) is 17.8. The van der Waals surface area contributed by atoms with Crippen LogP contribution in [-0.4, -0.2) is 38.7 Å². The van der Waals surface area contributed by atoms with Crippen molar-refractivity contribution in [2.75, 3.05) is 13.1 Å². The van der Waals surface area contributed by atoms with Crippen molar-refractivity contribution in [2.45, 2.75) is 19.9 Å². The number of pyridine rings is 1. The molecule has 0 spiro atoms. The first-order chi connectivity index (χ1) is 12.1. The third-order valence-electron chi connectivity index (χ3n) is 4.25. The number of hydrogen-bond acceptors (Lipinski definition) is 4. The van der Waals surface area contributed by atoms with E-state index in [0.717, 1.165) is 28.7 Å². The minimum atomic E-state index is -0.0324. The topological polar surface area (TPSA) is 77.0 Å². The molecule has 6 heteroatoms. The Morgan fingerprint density at radius 3 is 2.76 bits per heavy atom. The summed E-state index contributed by atoms with van der Waals surface area (Å²) in [5.74, 6) is -0.0324. The van der Waals surface area contributed by atoms with Crippen LogP contribution in [-0.2, 0) is 13.6 Å². The van der Waals surface area contributed by atoms with E-state index in [4.69, 9.17) is 5.73 Å². The zero-order valence-electron chi connectivity index (χ0n) is 14.6. The van der Waals surface area contributed by atoms with Crippen LogP contribution in [0.4, 0.5) is 0 Å². The van der Waals surface area contributed by atoms with Crippen molar-refractivity contribution < 1.29 is 4.79 Å². The molecule has 6 nitrogen and oxygen atoms in total. The van der Waals surface area contributed by atoms with Gasteiger partial charge in [0.2, 0.25) is 0 Å². The average molecular weight is 337 g/mol. The number of benzene rings is 1. The number of aryl methyl sites for hydroxylation is 2. The molecule has 130 valence electrons. The molecule has 0 fully saturated rings. The Morgan fingerprint density at radius 1 is 1.28 bits per heavy atom. The van der Waals surface area contributed by atoms with Crippen LogP contribution in [0.1, 0.15) is 28.0 Å². The molecule has 0 aliphatic heterocycles. The summed E-state index contributed by atoms with van der Waals surface area (Å²) in [4.78, 5) is 19.3. The fourth-order valence-electron chi connectivity index (χ4n) is 2.95. The minimum absolute atomic E-state index is 0.0324. The molecule has 3 aromatic rings. The number of aromatic nitrogens is 3. The number of fused-ring (bicyclic) bond motifs is 1. The molecule has 2 N–H and O–H groups in total. The van der Waals surface area contributed by atoms with Crippen LogP contribution in [0, 0.1) is 6.92 Å². The lowest BCUT2D eigenvalue weighted by Crippen LogP contribution is -2.32. The highest BCUT2D eigenvalue weighted by Crippen LogP contribution is 2.18. The monoisotopic (exact) mass is 337 g/mol. The predicted octanol–water partition coefficient (Wildman–Crippen LogP) is 2.27. The Kier molecular flexibility index (Phi) is 5.09. The molecule has 25 heavy (non-hydrogen) atoms. The molecule has 0 saturated heterocycles. The molecule has 0 saturated carbocycles. The average Bonchev–Trinajstić information content (AvgIpc) is 2.92. The summed E-state index contributed by atoms with van der Waals surface area (Å²) in [6, 6.07) is 11.9. The van der Waals surface area contributed by atoms with E-state index in [0.29, 0.717) is 25.2 Å². The number of rotatable bonds is 6. The van der Waals surface area contributed by atoms with Gasteiger partial charge >= 0.3 is 0 Å². The van der Waals surface area contributed by atoms with Crippen molar-refractivity contribution in [3.8, 4) is 0 Å². The Balaban J connectivity index is 1.89. The van der Waals surface area contributed by atoms with Crippen LogP contribution in [0.2, 0.25) is 0 Å². The van der Waals surface area contributed by atoms with Gasteiger partial charge in [-0.15, -0.1) is 0 Å². The minimum Gasteiger partial charge on any atom is -0.334 e. The first-order valence-corrected chi connectivity index (χ1v) is 8.42. The zero-order valence-corrected chi connectivity index (χ0v) is 14.6. The molecule has 0 unspecified atom stereocenters. The van der Waals surface area contributed by atoms with Gasteiger partial charge in [0, 0.05) is 31.7 Å². The van der Waals surface area contributed by atoms with Gasteiger partial charge in [-0.3, -0.25) is 9.48 Å². The van der Waals surface area contributed by atoms with E-state index >= 15 is 0 Å². The van der Waals surface area contributed by atoms with E-state index in [2.05, 4.69) is 10.1 Å². The Hall–Kier alpha value is -2.73. The summed E-state index contributed by atoms with van der Waals surface area (Å²) in [5.41, 5.74) is 8.98. The third-order valence-corrected chi connectivity index (χ3v) is 4.25. The maximum atomic E-state index is 13.0. The summed E-state index contributed by atoms with van der Waals surface area (Å²) in [6.07, 6.45) is 2.40. The molecule has 0 aliphatic carbocycles. The number of amides is 1. The maximum absolute atomic E-state index is 13.0. The standard InChI is InChI=1S/C19H23N5O/c1-14-17-11-16(12-21-18(17)23(2)22-14)19(25)24(10-6-9-20)13-15-7-4-3-5-8-15/h3-5,7-8,11-12H,6,9-10,13,20H2,1-2H3. The first kappa shape index (κ1) is 17.1.